The van der Waals surface area contributed by atoms with Crippen molar-refractivity contribution in [3.05, 3.63) is 35.9 Å². The van der Waals surface area contributed by atoms with Gasteiger partial charge in [0.25, 0.3) is 0 Å². The SMILES string of the molecule is [CH3][Sn][CH2]c1ccccc1. The second-order valence-electron chi connectivity index (χ2n) is 2.02. The summed E-state index contributed by atoms with van der Waals surface area (Å²) in [7, 11) is 0. The summed E-state index contributed by atoms with van der Waals surface area (Å²) in [5.41, 5.74) is 1.52. The van der Waals surface area contributed by atoms with Gasteiger partial charge >= 0.3 is 66.4 Å². The molecule has 0 saturated heterocycles. The predicted molar refractivity (Wildman–Crippen MR) is 41.8 cm³/mol. The molecule has 0 atom stereocenters. The van der Waals surface area contributed by atoms with E-state index < -0.39 is 0 Å². The molecule has 0 unspecified atom stereocenters. The van der Waals surface area contributed by atoms with Crippen LogP contribution in [0.25, 0.3) is 0 Å². The van der Waals surface area contributed by atoms with Gasteiger partial charge in [-0.2, -0.15) is 0 Å². The molecule has 0 aliphatic heterocycles. The molecule has 0 amide bonds. The third kappa shape index (κ3) is 2.39. The molecule has 0 heterocycles. The summed E-state index contributed by atoms with van der Waals surface area (Å²) in [6.45, 7) is 0. The maximum atomic E-state index is 2.37. The molecule has 1 aromatic carbocycles. The zero-order valence-corrected chi connectivity index (χ0v) is 8.45. The third-order valence-electron chi connectivity index (χ3n) is 1.22. The van der Waals surface area contributed by atoms with Crippen LogP contribution in [0.5, 0.6) is 0 Å². The first-order chi connectivity index (χ1) is 4.43. The van der Waals surface area contributed by atoms with Crippen LogP contribution >= 0.6 is 0 Å². The summed E-state index contributed by atoms with van der Waals surface area (Å²) in [5, 5.41) is 0. The maximum absolute atomic E-state index is 2.37. The zero-order chi connectivity index (χ0) is 6.53. The Balaban J connectivity index is 2.61. The van der Waals surface area contributed by atoms with Gasteiger partial charge in [0.2, 0.25) is 0 Å². The second-order valence-corrected chi connectivity index (χ2v) is 5.04. The van der Waals surface area contributed by atoms with Crippen molar-refractivity contribution in [1.82, 2.24) is 0 Å². The van der Waals surface area contributed by atoms with Crippen molar-refractivity contribution in [1.29, 1.82) is 0 Å². The minimum atomic E-state index is -0.0138. The van der Waals surface area contributed by atoms with E-state index in [1.165, 1.54) is 10.0 Å². The fourth-order valence-corrected chi connectivity index (χ4v) is 2.64. The molecule has 9 heavy (non-hydrogen) atoms. The average Bonchev–Trinajstić information content (AvgIpc) is 1.91. The Morgan fingerprint density at radius 1 is 1.22 bits per heavy atom. The van der Waals surface area contributed by atoms with Crippen molar-refractivity contribution in [2.75, 3.05) is 0 Å². The fourth-order valence-electron chi connectivity index (χ4n) is 0.800. The summed E-state index contributed by atoms with van der Waals surface area (Å²) >= 11 is -0.0138. The van der Waals surface area contributed by atoms with Crippen LogP contribution in [-0.4, -0.2) is 21.1 Å². The Bertz CT molecular complexity index is 157. The normalized spacial score (nSPS) is 9.44. The molecule has 0 nitrogen and oxygen atoms in total. The van der Waals surface area contributed by atoms with Gasteiger partial charge in [-0.1, -0.05) is 0 Å². The molecular weight excluding hydrogens is 215 g/mol. The van der Waals surface area contributed by atoms with Crippen molar-refractivity contribution < 1.29 is 0 Å². The van der Waals surface area contributed by atoms with Gasteiger partial charge in [0, 0.05) is 0 Å². The molecule has 0 bridgehead atoms. The van der Waals surface area contributed by atoms with Gasteiger partial charge in [-0.3, -0.25) is 0 Å². The van der Waals surface area contributed by atoms with E-state index in [2.05, 4.69) is 35.3 Å². The van der Waals surface area contributed by atoms with E-state index in [1.807, 2.05) is 0 Å². The monoisotopic (exact) mass is 226 g/mol. The van der Waals surface area contributed by atoms with E-state index in [9.17, 15) is 0 Å². The molecule has 0 fully saturated rings. The topological polar surface area (TPSA) is 0 Å². The van der Waals surface area contributed by atoms with E-state index in [0.717, 1.165) is 0 Å². The number of rotatable bonds is 2. The second kappa shape index (κ2) is 3.94. The van der Waals surface area contributed by atoms with Gasteiger partial charge in [0.15, 0.2) is 0 Å². The minimum absolute atomic E-state index is 0.0138. The molecule has 0 aromatic heterocycles. The van der Waals surface area contributed by atoms with Crippen LogP contribution in [0.4, 0.5) is 0 Å². The molecule has 1 rings (SSSR count). The summed E-state index contributed by atoms with van der Waals surface area (Å²) in [6, 6.07) is 10.7. The van der Waals surface area contributed by atoms with Crippen molar-refractivity contribution in [2.24, 2.45) is 0 Å². The van der Waals surface area contributed by atoms with Crippen LogP contribution < -0.4 is 0 Å². The molecule has 0 aliphatic rings. The summed E-state index contributed by atoms with van der Waals surface area (Å²) in [6.07, 6.45) is 0. The number of hydrogen-bond acceptors (Lipinski definition) is 0. The Labute approximate surface area is 66.5 Å². The molecule has 46 valence electrons. The van der Waals surface area contributed by atoms with Gasteiger partial charge in [-0.15, -0.1) is 0 Å². The van der Waals surface area contributed by atoms with Crippen LogP contribution in [0, 0.1) is 0 Å². The molecule has 1 aromatic rings. The van der Waals surface area contributed by atoms with Crippen LogP contribution in [0.3, 0.4) is 0 Å². The van der Waals surface area contributed by atoms with Crippen LogP contribution in [0.2, 0.25) is 4.94 Å². The number of benzene rings is 1. The molecule has 0 aliphatic carbocycles. The summed E-state index contributed by atoms with van der Waals surface area (Å²) in [4.78, 5) is 2.37. The molecule has 1 heteroatoms. The van der Waals surface area contributed by atoms with Crippen LogP contribution in [-0.2, 0) is 4.44 Å². The zero-order valence-electron chi connectivity index (χ0n) is 5.59. The molecule has 2 radical (unpaired) electrons. The Kier molecular flexibility index (Phi) is 3.12. The fraction of sp³-hybridized carbons (Fsp3) is 0.250. The molecular formula is C8H10Sn. The van der Waals surface area contributed by atoms with Gasteiger partial charge in [0.1, 0.15) is 0 Å². The van der Waals surface area contributed by atoms with Crippen molar-refractivity contribution in [3.63, 3.8) is 0 Å². The van der Waals surface area contributed by atoms with E-state index in [1.54, 1.807) is 0 Å². The van der Waals surface area contributed by atoms with Gasteiger partial charge in [-0.25, -0.2) is 0 Å². The van der Waals surface area contributed by atoms with Gasteiger partial charge in [-0.05, 0) is 0 Å². The first-order valence-corrected chi connectivity index (χ1v) is 7.99. The standard InChI is InChI=1S/C7H7.CH3.Sn/c1-7-5-3-2-4-6-7;;/h2-6H,1H2;1H3;. The molecule has 0 spiro atoms. The molecule has 0 N–H and O–H groups in total. The summed E-state index contributed by atoms with van der Waals surface area (Å²) in [5.74, 6) is 0. The van der Waals surface area contributed by atoms with E-state index >= 15 is 0 Å². The van der Waals surface area contributed by atoms with Crippen molar-refractivity contribution in [2.45, 2.75) is 9.38 Å². The Morgan fingerprint density at radius 2 is 1.89 bits per heavy atom. The quantitative estimate of drug-likeness (QED) is 0.674. The Morgan fingerprint density at radius 3 is 2.44 bits per heavy atom. The van der Waals surface area contributed by atoms with E-state index in [0.29, 0.717) is 0 Å². The first kappa shape index (κ1) is 7.13. The molecule has 0 saturated carbocycles. The predicted octanol–water partition coefficient (Wildman–Crippen LogP) is 1.94. The van der Waals surface area contributed by atoms with Crippen LogP contribution in [0.1, 0.15) is 5.56 Å². The van der Waals surface area contributed by atoms with Gasteiger partial charge in [0.05, 0.1) is 0 Å². The van der Waals surface area contributed by atoms with E-state index in [4.69, 9.17) is 0 Å². The van der Waals surface area contributed by atoms with Crippen molar-refractivity contribution in [3.8, 4) is 0 Å². The summed E-state index contributed by atoms with van der Waals surface area (Å²) < 4.78 is 1.38. The van der Waals surface area contributed by atoms with Crippen molar-refractivity contribution >= 4 is 21.1 Å². The van der Waals surface area contributed by atoms with E-state index in [-0.39, 0.29) is 21.1 Å². The van der Waals surface area contributed by atoms with Gasteiger partial charge < -0.3 is 0 Å². The number of hydrogen-bond donors (Lipinski definition) is 0. The third-order valence-corrected chi connectivity index (χ3v) is 3.40. The Hall–Kier alpha value is 0.0187. The average molecular weight is 225 g/mol. The first-order valence-electron chi connectivity index (χ1n) is 3.12. The van der Waals surface area contributed by atoms with Crippen LogP contribution in [0.15, 0.2) is 30.3 Å².